The van der Waals surface area contributed by atoms with Crippen LogP contribution in [-0.4, -0.2) is 60.3 Å². The summed E-state index contributed by atoms with van der Waals surface area (Å²) in [6, 6.07) is 14.2. The molecule has 2 aromatic rings. The van der Waals surface area contributed by atoms with Gasteiger partial charge in [0.1, 0.15) is 12.2 Å². The Morgan fingerprint density at radius 3 is 2.08 bits per heavy atom. The van der Waals surface area contributed by atoms with Crippen LogP contribution >= 0.6 is 0 Å². The second-order valence-electron chi connectivity index (χ2n) is 10.3. The average Bonchev–Trinajstić information content (AvgIpc) is 3.32. The lowest BCUT2D eigenvalue weighted by Crippen LogP contribution is -2.51. The van der Waals surface area contributed by atoms with Gasteiger partial charge in [0.05, 0.1) is 30.7 Å². The highest BCUT2D eigenvalue weighted by atomic mass is 16.6. The Morgan fingerprint density at radius 1 is 0.919 bits per heavy atom. The monoisotopic (exact) mass is 510 g/mol. The summed E-state index contributed by atoms with van der Waals surface area (Å²) in [7, 11) is 0. The molecule has 0 aromatic heterocycles. The first kappa shape index (κ1) is 26.5. The van der Waals surface area contributed by atoms with Crippen LogP contribution < -0.4 is 10.6 Å². The number of hydrogen-bond donors (Lipinski definition) is 3. The van der Waals surface area contributed by atoms with Crippen molar-refractivity contribution in [2.45, 2.75) is 63.8 Å². The second kappa shape index (κ2) is 10.8. The van der Waals surface area contributed by atoms with E-state index in [9.17, 15) is 19.5 Å². The molecule has 9 heteroatoms. The normalized spacial score (nSPS) is 22.5. The second-order valence-corrected chi connectivity index (χ2v) is 10.3. The van der Waals surface area contributed by atoms with Gasteiger partial charge in [0.15, 0.2) is 0 Å². The van der Waals surface area contributed by atoms with Gasteiger partial charge in [-0.2, -0.15) is 0 Å². The first-order valence-corrected chi connectivity index (χ1v) is 12.5. The largest absolute Gasteiger partial charge is 0.466 e. The van der Waals surface area contributed by atoms with E-state index in [1.807, 2.05) is 36.4 Å². The van der Waals surface area contributed by atoms with Crippen LogP contribution in [0, 0.1) is 5.92 Å². The van der Waals surface area contributed by atoms with Gasteiger partial charge in [-0.25, -0.2) is 9.59 Å². The smallest absolute Gasteiger partial charge is 0.407 e. The molecule has 37 heavy (non-hydrogen) atoms. The number of nitrogens with one attached hydrogen (secondary N) is 2. The molecule has 0 unspecified atom stereocenters. The van der Waals surface area contributed by atoms with Crippen LogP contribution in [0.3, 0.4) is 0 Å². The Labute approximate surface area is 216 Å². The molecule has 2 aromatic carbocycles. The quantitative estimate of drug-likeness (QED) is 0.400. The maximum absolute atomic E-state index is 12.8. The molecule has 0 saturated heterocycles. The van der Waals surface area contributed by atoms with Crippen LogP contribution in [0.2, 0.25) is 0 Å². The third-order valence-electron chi connectivity index (χ3n) is 6.64. The van der Waals surface area contributed by atoms with Crippen molar-refractivity contribution in [3.63, 3.8) is 0 Å². The Bertz CT molecular complexity index is 1110. The zero-order valence-electron chi connectivity index (χ0n) is 21.5. The molecule has 198 valence electrons. The zero-order chi connectivity index (χ0) is 26.7. The molecule has 0 spiro atoms. The van der Waals surface area contributed by atoms with Crippen LogP contribution in [0.15, 0.2) is 48.5 Å². The summed E-state index contributed by atoms with van der Waals surface area (Å²) in [4.78, 5) is 37.7. The number of esters is 1. The molecule has 2 amide bonds. The van der Waals surface area contributed by atoms with E-state index in [4.69, 9.17) is 14.2 Å². The SMILES string of the molecule is CCOC(=O)[C@@H]1C[C@H](NC(=O)OCC2c3ccccc3-c3ccccc32)[C@@H](O)[C@@H]1NC(=O)OC(C)(C)C. The van der Waals surface area contributed by atoms with Gasteiger partial charge in [-0.05, 0) is 56.4 Å². The molecule has 0 radical (unpaired) electrons. The Balaban J connectivity index is 1.41. The summed E-state index contributed by atoms with van der Waals surface area (Å²) in [5.74, 6) is -1.54. The first-order chi connectivity index (χ1) is 17.6. The van der Waals surface area contributed by atoms with Crippen LogP contribution in [0.1, 0.15) is 51.2 Å². The van der Waals surface area contributed by atoms with Crippen molar-refractivity contribution in [1.82, 2.24) is 10.6 Å². The molecule has 0 bridgehead atoms. The molecule has 4 rings (SSSR count). The predicted octanol–water partition coefficient (Wildman–Crippen LogP) is 3.73. The third kappa shape index (κ3) is 5.88. The molecule has 3 N–H and O–H groups in total. The van der Waals surface area contributed by atoms with Gasteiger partial charge in [0.2, 0.25) is 0 Å². The number of ether oxygens (including phenoxy) is 3. The number of alkyl carbamates (subject to hydrolysis) is 2. The predicted molar refractivity (Wildman–Crippen MR) is 136 cm³/mol. The molecule has 2 aliphatic carbocycles. The average molecular weight is 511 g/mol. The van der Waals surface area contributed by atoms with Crippen molar-refractivity contribution < 1.29 is 33.7 Å². The molecule has 0 aliphatic heterocycles. The number of fused-ring (bicyclic) bond motifs is 3. The summed E-state index contributed by atoms with van der Waals surface area (Å²) >= 11 is 0. The molecule has 0 heterocycles. The highest BCUT2D eigenvalue weighted by Gasteiger charge is 2.48. The minimum atomic E-state index is -1.25. The lowest BCUT2D eigenvalue weighted by Gasteiger charge is -2.26. The summed E-state index contributed by atoms with van der Waals surface area (Å²) < 4.78 is 16.0. The maximum Gasteiger partial charge on any atom is 0.407 e. The van der Waals surface area contributed by atoms with Crippen LogP contribution in [0.4, 0.5) is 9.59 Å². The van der Waals surface area contributed by atoms with Gasteiger partial charge in [-0.3, -0.25) is 4.79 Å². The Hall–Kier alpha value is -3.59. The van der Waals surface area contributed by atoms with Crippen LogP contribution in [0.25, 0.3) is 11.1 Å². The van der Waals surface area contributed by atoms with Gasteiger partial charge >= 0.3 is 18.2 Å². The molecule has 2 aliphatic rings. The fourth-order valence-electron chi connectivity index (χ4n) is 5.11. The number of amides is 2. The van der Waals surface area contributed by atoms with Gasteiger partial charge in [0.25, 0.3) is 0 Å². The summed E-state index contributed by atoms with van der Waals surface area (Å²) in [6.45, 7) is 7.07. The highest BCUT2D eigenvalue weighted by molar-refractivity contribution is 5.79. The van der Waals surface area contributed by atoms with E-state index in [2.05, 4.69) is 22.8 Å². The Morgan fingerprint density at radius 2 is 1.51 bits per heavy atom. The molecular weight excluding hydrogens is 476 g/mol. The molecular formula is C28H34N2O7. The molecule has 1 saturated carbocycles. The minimum Gasteiger partial charge on any atom is -0.466 e. The number of carbonyl (C=O) groups is 3. The summed E-state index contributed by atoms with van der Waals surface area (Å²) in [5, 5.41) is 16.2. The fraction of sp³-hybridized carbons (Fsp3) is 0.464. The number of hydrogen-bond acceptors (Lipinski definition) is 7. The van der Waals surface area contributed by atoms with Gasteiger partial charge in [-0.15, -0.1) is 0 Å². The standard InChI is InChI=1S/C28H34N2O7/c1-5-35-25(32)20-14-22(24(31)23(20)30-27(34)37-28(2,3)4)29-26(33)36-15-21-18-12-8-6-10-16(18)17-11-7-9-13-19(17)21/h6-13,20-24,31H,5,14-15H2,1-4H3,(H,29,33)(H,30,34)/t20-,22+,23-,24-/m1/s1. The highest BCUT2D eigenvalue weighted by Crippen LogP contribution is 2.44. The van der Waals surface area contributed by atoms with Crippen molar-refractivity contribution in [2.75, 3.05) is 13.2 Å². The van der Waals surface area contributed by atoms with E-state index in [1.165, 1.54) is 0 Å². The summed E-state index contributed by atoms with van der Waals surface area (Å²) in [5.41, 5.74) is 3.65. The maximum atomic E-state index is 12.8. The van der Waals surface area contributed by atoms with E-state index in [-0.39, 0.29) is 25.6 Å². The first-order valence-electron chi connectivity index (χ1n) is 12.5. The number of carbonyl (C=O) groups excluding carboxylic acids is 3. The van der Waals surface area contributed by atoms with E-state index in [1.54, 1.807) is 27.7 Å². The number of aliphatic hydroxyl groups excluding tert-OH is 1. The van der Waals surface area contributed by atoms with Gasteiger partial charge in [-0.1, -0.05) is 48.5 Å². The molecule has 4 atom stereocenters. The molecule has 9 nitrogen and oxygen atoms in total. The van der Waals surface area contributed by atoms with E-state index in [0.717, 1.165) is 22.3 Å². The number of rotatable bonds is 6. The van der Waals surface area contributed by atoms with Gasteiger partial charge < -0.3 is 30.0 Å². The van der Waals surface area contributed by atoms with Crippen molar-refractivity contribution in [1.29, 1.82) is 0 Å². The van der Waals surface area contributed by atoms with Crippen LogP contribution in [-0.2, 0) is 19.0 Å². The van der Waals surface area contributed by atoms with E-state index >= 15 is 0 Å². The minimum absolute atomic E-state index is 0.0741. The third-order valence-corrected chi connectivity index (χ3v) is 6.64. The number of aliphatic hydroxyl groups is 1. The van der Waals surface area contributed by atoms with Gasteiger partial charge in [0, 0.05) is 5.92 Å². The van der Waals surface area contributed by atoms with Crippen molar-refractivity contribution in [3.05, 3.63) is 59.7 Å². The van der Waals surface area contributed by atoms with Crippen LogP contribution in [0.5, 0.6) is 0 Å². The summed E-state index contributed by atoms with van der Waals surface area (Å²) in [6.07, 6.45) is -2.66. The zero-order valence-corrected chi connectivity index (χ0v) is 21.5. The lowest BCUT2D eigenvalue weighted by molar-refractivity contribution is -0.148. The number of benzene rings is 2. The van der Waals surface area contributed by atoms with Crippen molar-refractivity contribution in [2.24, 2.45) is 5.92 Å². The lowest BCUT2D eigenvalue weighted by atomic mass is 9.98. The Kier molecular flexibility index (Phi) is 7.73. The fourth-order valence-corrected chi connectivity index (χ4v) is 5.11. The molecule has 1 fully saturated rings. The topological polar surface area (TPSA) is 123 Å². The van der Waals surface area contributed by atoms with E-state index in [0.29, 0.717) is 0 Å². The van der Waals surface area contributed by atoms with Crippen molar-refractivity contribution in [3.8, 4) is 11.1 Å². The van der Waals surface area contributed by atoms with Crippen molar-refractivity contribution >= 4 is 18.2 Å². The van der Waals surface area contributed by atoms with E-state index < -0.39 is 47.9 Å².